The Morgan fingerprint density at radius 2 is 1.77 bits per heavy atom. The van der Waals surface area contributed by atoms with E-state index < -0.39 is 4.92 Å². The fourth-order valence-electron chi connectivity index (χ4n) is 2.72. The van der Waals surface area contributed by atoms with Crippen molar-refractivity contribution >= 4 is 23.1 Å². The monoisotopic (exact) mass is 358 g/mol. The Balaban J connectivity index is 2.49. The van der Waals surface area contributed by atoms with Crippen molar-refractivity contribution in [2.45, 2.75) is 34.6 Å². The van der Waals surface area contributed by atoms with Gasteiger partial charge in [0, 0.05) is 19.3 Å². The van der Waals surface area contributed by atoms with Gasteiger partial charge in [0.2, 0.25) is 11.6 Å². The molecule has 0 fully saturated rings. The van der Waals surface area contributed by atoms with Gasteiger partial charge in [-0.25, -0.2) is 15.0 Å². The lowest BCUT2D eigenvalue weighted by Crippen LogP contribution is -2.32. The van der Waals surface area contributed by atoms with E-state index >= 15 is 0 Å². The summed E-state index contributed by atoms with van der Waals surface area (Å²) in [7, 11) is 0. The molecule has 0 aromatic carbocycles. The molecule has 0 saturated heterocycles. The van der Waals surface area contributed by atoms with Crippen LogP contribution in [0.1, 0.15) is 33.3 Å². The molecule has 2 rings (SSSR count). The van der Waals surface area contributed by atoms with E-state index in [4.69, 9.17) is 0 Å². The van der Waals surface area contributed by atoms with Gasteiger partial charge < -0.3 is 10.2 Å². The Bertz CT molecular complexity index is 753. The van der Waals surface area contributed by atoms with Crippen LogP contribution in [-0.4, -0.2) is 33.0 Å². The molecule has 2 aromatic rings. The van der Waals surface area contributed by atoms with Crippen LogP contribution in [0.25, 0.3) is 0 Å². The zero-order chi connectivity index (χ0) is 19.3. The van der Waals surface area contributed by atoms with Crippen LogP contribution in [0.15, 0.2) is 24.7 Å². The maximum Gasteiger partial charge on any atom is 0.353 e. The summed E-state index contributed by atoms with van der Waals surface area (Å²) >= 11 is 0. The van der Waals surface area contributed by atoms with Gasteiger partial charge in [0.25, 0.3) is 0 Å². The number of rotatable bonds is 8. The molecular formula is C18H26N6O2. The van der Waals surface area contributed by atoms with Crippen molar-refractivity contribution in [3.8, 4) is 0 Å². The lowest BCUT2D eigenvalue weighted by Gasteiger charge is -2.27. The molecule has 0 aliphatic rings. The molecule has 8 heteroatoms. The molecule has 2 aromatic heterocycles. The summed E-state index contributed by atoms with van der Waals surface area (Å²) in [5.74, 6) is 1.72. The Labute approximate surface area is 153 Å². The summed E-state index contributed by atoms with van der Waals surface area (Å²) in [4.78, 5) is 26.0. The summed E-state index contributed by atoms with van der Waals surface area (Å²) in [5.41, 5.74) is 0.752. The van der Waals surface area contributed by atoms with Crippen LogP contribution in [-0.2, 0) is 0 Å². The number of nitrogens with zero attached hydrogens (tertiary/aromatic N) is 5. The summed E-state index contributed by atoms with van der Waals surface area (Å²) in [6.45, 7) is 11.6. The van der Waals surface area contributed by atoms with E-state index in [1.54, 1.807) is 6.20 Å². The summed E-state index contributed by atoms with van der Waals surface area (Å²) in [6.07, 6.45) is 2.99. The number of hydrogen-bond acceptors (Lipinski definition) is 7. The predicted octanol–water partition coefficient (Wildman–Crippen LogP) is 3.95. The summed E-state index contributed by atoms with van der Waals surface area (Å²) in [5, 5.41) is 14.8. The average molecular weight is 358 g/mol. The normalized spacial score (nSPS) is 11.0. The summed E-state index contributed by atoms with van der Waals surface area (Å²) < 4.78 is 0. The van der Waals surface area contributed by atoms with Gasteiger partial charge in [0.05, 0.1) is 4.92 Å². The predicted molar refractivity (Wildman–Crippen MR) is 103 cm³/mol. The molecule has 0 aliphatic heterocycles. The molecule has 0 aliphatic carbocycles. The Morgan fingerprint density at radius 3 is 2.31 bits per heavy atom. The molecule has 0 atom stereocenters. The highest BCUT2D eigenvalue weighted by molar-refractivity contribution is 5.74. The van der Waals surface area contributed by atoms with Crippen LogP contribution in [0.4, 0.5) is 23.1 Å². The molecule has 0 saturated carbocycles. The van der Waals surface area contributed by atoms with E-state index in [0.717, 1.165) is 5.56 Å². The number of aromatic nitrogens is 3. The van der Waals surface area contributed by atoms with Gasteiger partial charge in [-0.2, -0.15) is 0 Å². The smallest absolute Gasteiger partial charge is 0.350 e. The molecule has 1 N–H and O–H groups in total. The molecule has 140 valence electrons. The van der Waals surface area contributed by atoms with Crippen LogP contribution in [0.2, 0.25) is 0 Å². The van der Waals surface area contributed by atoms with Crippen LogP contribution in [0.3, 0.4) is 0 Å². The van der Waals surface area contributed by atoms with Gasteiger partial charge in [-0.3, -0.25) is 10.1 Å². The molecule has 26 heavy (non-hydrogen) atoms. The van der Waals surface area contributed by atoms with E-state index in [-0.39, 0.29) is 11.5 Å². The van der Waals surface area contributed by atoms with Gasteiger partial charge in [-0.1, -0.05) is 33.8 Å². The number of nitro groups is 1. The standard InChI is InChI=1S/C18H26N6O2/c1-12(2)9-23(10-13(3)4)18-15(24(25)26)17(20-11-21-18)22-16-14(5)7-6-8-19-16/h6-8,11-13H,9-10H2,1-5H3,(H,19,20,21,22). The first-order chi connectivity index (χ1) is 12.3. The molecule has 2 heterocycles. The van der Waals surface area contributed by atoms with Gasteiger partial charge in [-0.05, 0) is 30.4 Å². The van der Waals surface area contributed by atoms with E-state index in [0.29, 0.717) is 36.6 Å². The largest absolute Gasteiger partial charge is 0.353 e. The molecule has 0 bridgehead atoms. The fourth-order valence-corrected chi connectivity index (χ4v) is 2.72. The minimum Gasteiger partial charge on any atom is -0.350 e. The maximum absolute atomic E-state index is 11.8. The molecule has 0 unspecified atom stereocenters. The van der Waals surface area contributed by atoms with Crippen LogP contribution in [0, 0.1) is 28.9 Å². The highest BCUT2D eigenvalue weighted by Gasteiger charge is 2.28. The first kappa shape index (κ1) is 19.6. The fraction of sp³-hybridized carbons (Fsp3) is 0.500. The molecule has 0 spiro atoms. The number of pyridine rings is 1. The van der Waals surface area contributed by atoms with Crippen LogP contribution < -0.4 is 10.2 Å². The van der Waals surface area contributed by atoms with Crippen molar-refractivity contribution < 1.29 is 4.92 Å². The van der Waals surface area contributed by atoms with Gasteiger partial charge in [0.15, 0.2) is 0 Å². The van der Waals surface area contributed by atoms with E-state index in [2.05, 4.69) is 48.0 Å². The van der Waals surface area contributed by atoms with E-state index in [1.165, 1.54) is 6.33 Å². The quantitative estimate of drug-likeness (QED) is 0.563. The number of hydrogen-bond donors (Lipinski definition) is 1. The van der Waals surface area contributed by atoms with Crippen molar-refractivity contribution in [2.24, 2.45) is 11.8 Å². The van der Waals surface area contributed by atoms with Gasteiger partial charge >= 0.3 is 5.69 Å². The first-order valence-electron chi connectivity index (χ1n) is 8.72. The van der Waals surface area contributed by atoms with E-state index in [9.17, 15) is 10.1 Å². The minimum absolute atomic E-state index is 0.126. The van der Waals surface area contributed by atoms with Crippen molar-refractivity contribution in [3.63, 3.8) is 0 Å². The highest BCUT2D eigenvalue weighted by atomic mass is 16.6. The van der Waals surface area contributed by atoms with Crippen molar-refractivity contribution in [1.29, 1.82) is 0 Å². The summed E-state index contributed by atoms with van der Waals surface area (Å²) in [6, 6.07) is 3.69. The minimum atomic E-state index is -0.427. The van der Waals surface area contributed by atoms with Gasteiger partial charge in [0.1, 0.15) is 12.1 Å². The Morgan fingerprint density at radius 1 is 1.12 bits per heavy atom. The second kappa shape index (κ2) is 8.55. The Kier molecular flexibility index (Phi) is 6.43. The first-order valence-corrected chi connectivity index (χ1v) is 8.72. The molecule has 0 amide bonds. The van der Waals surface area contributed by atoms with Gasteiger partial charge in [-0.15, -0.1) is 0 Å². The third-order valence-electron chi connectivity index (χ3n) is 3.70. The third-order valence-corrected chi connectivity index (χ3v) is 3.70. The zero-order valence-electron chi connectivity index (χ0n) is 15.9. The second-order valence-corrected chi connectivity index (χ2v) is 7.14. The number of nitrogens with one attached hydrogen (secondary N) is 1. The SMILES string of the molecule is Cc1cccnc1Nc1ncnc(N(CC(C)C)CC(C)C)c1[N+](=O)[O-]. The van der Waals surface area contributed by atoms with Crippen LogP contribution in [0.5, 0.6) is 0 Å². The number of anilines is 3. The van der Waals surface area contributed by atoms with Crippen LogP contribution >= 0.6 is 0 Å². The zero-order valence-corrected chi connectivity index (χ0v) is 15.9. The molecule has 0 radical (unpaired) electrons. The lowest BCUT2D eigenvalue weighted by molar-refractivity contribution is -0.383. The molecule has 8 nitrogen and oxygen atoms in total. The molecular weight excluding hydrogens is 332 g/mol. The topological polar surface area (TPSA) is 97.1 Å². The van der Waals surface area contributed by atoms with E-state index in [1.807, 2.05) is 24.0 Å². The Hall–Kier alpha value is -2.77. The van der Waals surface area contributed by atoms with Crippen molar-refractivity contribution in [2.75, 3.05) is 23.3 Å². The third kappa shape index (κ3) is 4.87. The maximum atomic E-state index is 11.8. The van der Waals surface area contributed by atoms with Crippen molar-refractivity contribution in [3.05, 3.63) is 40.3 Å². The van der Waals surface area contributed by atoms with Crippen molar-refractivity contribution in [1.82, 2.24) is 15.0 Å². The second-order valence-electron chi connectivity index (χ2n) is 7.14. The lowest BCUT2D eigenvalue weighted by atomic mass is 10.1. The highest BCUT2D eigenvalue weighted by Crippen LogP contribution is 2.34. The number of aryl methyl sites for hydroxylation is 1. The average Bonchev–Trinajstić information content (AvgIpc) is 2.55.